The largest absolute Gasteiger partial charge is 0.378 e. The van der Waals surface area contributed by atoms with Gasteiger partial charge >= 0.3 is 0 Å². The molecule has 1 aliphatic heterocycles. The highest BCUT2D eigenvalue weighted by atomic mass is 32.1. The van der Waals surface area contributed by atoms with E-state index in [9.17, 15) is 4.79 Å². The van der Waals surface area contributed by atoms with Crippen molar-refractivity contribution in [2.45, 2.75) is 13.5 Å². The van der Waals surface area contributed by atoms with Gasteiger partial charge in [0.2, 0.25) is 5.91 Å². The second-order valence-electron chi connectivity index (χ2n) is 5.33. The Balaban J connectivity index is 1.84. The van der Waals surface area contributed by atoms with Crippen LogP contribution in [0, 0.1) is 10.9 Å². The van der Waals surface area contributed by atoms with Crippen molar-refractivity contribution in [1.29, 1.82) is 0 Å². The minimum Gasteiger partial charge on any atom is -0.378 e. The number of carbonyl (C=O) groups excluding carboxylic acids is 1. The fourth-order valence-corrected chi connectivity index (χ4v) is 3.55. The van der Waals surface area contributed by atoms with Gasteiger partial charge in [0.25, 0.3) is 0 Å². The molecule has 3 rings (SSSR count). The minimum absolute atomic E-state index is 0.103. The van der Waals surface area contributed by atoms with Crippen molar-refractivity contribution in [2.75, 3.05) is 26.3 Å². The number of aromatic nitrogens is 1. The van der Waals surface area contributed by atoms with E-state index >= 15 is 0 Å². The number of hydrogen-bond donors (Lipinski definition) is 0. The topological polar surface area (TPSA) is 34.5 Å². The maximum Gasteiger partial charge on any atom is 0.242 e. The first-order chi connectivity index (χ1) is 10.6. The number of hydrogen-bond acceptors (Lipinski definition) is 4. The normalized spacial score (nSPS) is 15.0. The van der Waals surface area contributed by atoms with Gasteiger partial charge in [0.1, 0.15) is 6.54 Å². The van der Waals surface area contributed by atoms with Crippen molar-refractivity contribution in [3.05, 3.63) is 39.2 Å². The lowest BCUT2D eigenvalue weighted by Crippen LogP contribution is -2.42. The highest BCUT2D eigenvalue weighted by molar-refractivity contribution is 7.73. The van der Waals surface area contributed by atoms with Crippen molar-refractivity contribution >= 4 is 29.5 Å². The molecule has 2 aromatic rings. The Morgan fingerprint density at radius 1 is 1.27 bits per heavy atom. The van der Waals surface area contributed by atoms with Crippen LogP contribution < -0.4 is 0 Å². The Hall–Kier alpha value is -1.50. The summed E-state index contributed by atoms with van der Waals surface area (Å²) in [6.07, 6.45) is 0. The maximum absolute atomic E-state index is 12.5. The molecule has 0 N–H and O–H groups in total. The smallest absolute Gasteiger partial charge is 0.242 e. The summed E-state index contributed by atoms with van der Waals surface area (Å²) in [6, 6.07) is 8.29. The number of aryl methyl sites for hydroxylation is 1. The van der Waals surface area contributed by atoms with Crippen LogP contribution in [0.5, 0.6) is 0 Å². The van der Waals surface area contributed by atoms with Crippen molar-refractivity contribution in [2.24, 2.45) is 0 Å². The number of thiazole rings is 1. The van der Waals surface area contributed by atoms with Gasteiger partial charge in [-0.2, -0.15) is 0 Å². The molecule has 1 fully saturated rings. The first-order valence-corrected chi connectivity index (χ1v) is 8.55. The average Bonchev–Trinajstić information content (AvgIpc) is 2.90. The van der Waals surface area contributed by atoms with Gasteiger partial charge in [-0.15, -0.1) is 11.3 Å². The van der Waals surface area contributed by atoms with Crippen LogP contribution >= 0.6 is 23.6 Å². The predicted molar refractivity (Wildman–Crippen MR) is 90.7 cm³/mol. The molecule has 0 saturated carbocycles. The summed E-state index contributed by atoms with van der Waals surface area (Å²) in [7, 11) is 0. The van der Waals surface area contributed by atoms with Crippen LogP contribution in [0.15, 0.2) is 29.6 Å². The van der Waals surface area contributed by atoms with Crippen molar-refractivity contribution in [3.8, 4) is 11.3 Å². The second-order valence-corrected chi connectivity index (χ2v) is 6.84. The summed E-state index contributed by atoms with van der Waals surface area (Å²) in [5.41, 5.74) is 3.32. The van der Waals surface area contributed by atoms with Gasteiger partial charge in [-0.25, -0.2) is 0 Å². The van der Waals surface area contributed by atoms with Crippen LogP contribution in [0.25, 0.3) is 11.3 Å². The molecule has 1 aromatic carbocycles. The van der Waals surface area contributed by atoms with E-state index in [1.165, 1.54) is 16.9 Å². The molecule has 0 atom stereocenters. The molecule has 1 aliphatic rings. The molecule has 0 bridgehead atoms. The van der Waals surface area contributed by atoms with Crippen LogP contribution in [0.3, 0.4) is 0 Å². The molecule has 0 radical (unpaired) electrons. The zero-order chi connectivity index (χ0) is 15.5. The van der Waals surface area contributed by atoms with E-state index in [2.05, 4.69) is 31.2 Å². The fraction of sp³-hybridized carbons (Fsp3) is 0.375. The zero-order valence-electron chi connectivity index (χ0n) is 12.4. The van der Waals surface area contributed by atoms with Gasteiger partial charge < -0.3 is 14.2 Å². The number of amides is 1. The van der Waals surface area contributed by atoms with Gasteiger partial charge in [-0.3, -0.25) is 4.79 Å². The molecule has 116 valence electrons. The summed E-state index contributed by atoms with van der Waals surface area (Å²) < 4.78 is 7.96. The third kappa shape index (κ3) is 3.29. The van der Waals surface area contributed by atoms with E-state index in [0.717, 1.165) is 15.2 Å². The van der Waals surface area contributed by atoms with E-state index < -0.39 is 0 Å². The molecule has 2 heterocycles. The Kier molecular flexibility index (Phi) is 4.71. The summed E-state index contributed by atoms with van der Waals surface area (Å²) in [6.45, 7) is 4.92. The van der Waals surface area contributed by atoms with Gasteiger partial charge in [-0.05, 0) is 24.7 Å². The first-order valence-electron chi connectivity index (χ1n) is 7.26. The minimum atomic E-state index is 0.103. The summed E-state index contributed by atoms with van der Waals surface area (Å²) in [5, 5.41) is 2.03. The van der Waals surface area contributed by atoms with E-state index in [0.29, 0.717) is 32.8 Å². The molecule has 6 heteroatoms. The third-order valence-corrected chi connectivity index (χ3v) is 5.06. The zero-order valence-corrected chi connectivity index (χ0v) is 14.1. The van der Waals surface area contributed by atoms with Gasteiger partial charge in [-0.1, -0.05) is 29.8 Å². The fourth-order valence-electron chi connectivity index (χ4n) is 2.48. The van der Waals surface area contributed by atoms with E-state index in [-0.39, 0.29) is 5.91 Å². The lowest BCUT2D eigenvalue weighted by Gasteiger charge is -2.27. The SMILES string of the molecule is Cc1ccc(-c2csc(=S)n2CC(=O)N2CCOCC2)cc1. The quantitative estimate of drug-likeness (QED) is 0.809. The highest BCUT2D eigenvalue weighted by Gasteiger charge is 2.19. The predicted octanol–water partition coefficient (Wildman–Crippen LogP) is 3.11. The molecule has 4 nitrogen and oxygen atoms in total. The standard InChI is InChI=1S/C16H18N2O2S2/c1-12-2-4-13(5-3-12)14-11-22-16(21)18(14)10-15(19)17-6-8-20-9-7-17/h2-5,11H,6-10H2,1H3. The van der Waals surface area contributed by atoms with Crippen LogP contribution in [-0.4, -0.2) is 41.7 Å². The van der Waals surface area contributed by atoms with Crippen molar-refractivity contribution < 1.29 is 9.53 Å². The lowest BCUT2D eigenvalue weighted by molar-refractivity contribution is -0.135. The van der Waals surface area contributed by atoms with Crippen LogP contribution in [-0.2, 0) is 16.1 Å². The second kappa shape index (κ2) is 6.73. The number of rotatable bonds is 3. The van der Waals surface area contributed by atoms with Gasteiger partial charge in [0, 0.05) is 18.5 Å². The molecule has 1 aromatic heterocycles. The molecular weight excluding hydrogens is 316 g/mol. The van der Waals surface area contributed by atoms with Gasteiger partial charge in [0.05, 0.1) is 18.9 Å². The van der Waals surface area contributed by atoms with E-state index in [1.807, 2.05) is 14.8 Å². The van der Waals surface area contributed by atoms with Crippen molar-refractivity contribution in [1.82, 2.24) is 9.47 Å². The summed E-state index contributed by atoms with van der Waals surface area (Å²) in [5.74, 6) is 0.103. The van der Waals surface area contributed by atoms with Crippen LogP contribution in [0.4, 0.5) is 0 Å². The average molecular weight is 334 g/mol. The Morgan fingerprint density at radius 3 is 2.64 bits per heavy atom. The molecular formula is C16H18N2O2S2. The lowest BCUT2D eigenvalue weighted by atomic mass is 10.1. The number of benzene rings is 1. The molecule has 1 amide bonds. The van der Waals surface area contributed by atoms with E-state index in [4.69, 9.17) is 17.0 Å². The summed E-state index contributed by atoms with van der Waals surface area (Å²) in [4.78, 5) is 14.3. The number of ether oxygens (including phenoxy) is 1. The molecule has 0 spiro atoms. The Labute approximate surface area is 139 Å². The summed E-state index contributed by atoms with van der Waals surface area (Å²) >= 11 is 6.91. The van der Waals surface area contributed by atoms with Crippen molar-refractivity contribution in [3.63, 3.8) is 0 Å². The number of nitrogens with zero attached hydrogens (tertiary/aromatic N) is 2. The van der Waals surface area contributed by atoms with E-state index in [1.54, 1.807) is 0 Å². The molecule has 0 unspecified atom stereocenters. The number of morpholine rings is 1. The molecule has 1 saturated heterocycles. The van der Waals surface area contributed by atoms with Gasteiger partial charge in [0.15, 0.2) is 3.95 Å². The Morgan fingerprint density at radius 2 is 1.95 bits per heavy atom. The third-order valence-electron chi connectivity index (χ3n) is 3.79. The maximum atomic E-state index is 12.5. The van der Waals surface area contributed by atoms with Crippen LogP contribution in [0.2, 0.25) is 0 Å². The molecule has 22 heavy (non-hydrogen) atoms. The van der Waals surface area contributed by atoms with Crippen LogP contribution in [0.1, 0.15) is 5.56 Å². The Bertz CT molecular complexity index is 712. The monoisotopic (exact) mass is 334 g/mol. The highest BCUT2D eigenvalue weighted by Crippen LogP contribution is 2.24. The number of carbonyl (C=O) groups is 1. The molecule has 0 aliphatic carbocycles. The first kappa shape index (κ1) is 15.4.